The molecule has 4 rings (SSSR count). The highest BCUT2D eigenvalue weighted by molar-refractivity contribution is 9.10. The van der Waals surface area contributed by atoms with E-state index in [9.17, 15) is 13.2 Å². The Hall–Kier alpha value is -2.06. The van der Waals surface area contributed by atoms with Gasteiger partial charge >= 0.3 is 6.61 Å². The maximum atomic E-state index is 13.8. The van der Waals surface area contributed by atoms with Crippen molar-refractivity contribution in [3.63, 3.8) is 0 Å². The third-order valence-electron chi connectivity index (χ3n) is 4.07. The van der Waals surface area contributed by atoms with E-state index in [1.807, 2.05) is 0 Å². The fraction of sp³-hybridized carbons (Fsp3) is 0.235. The molecule has 0 bridgehead atoms. The van der Waals surface area contributed by atoms with Crippen LogP contribution in [0.2, 0.25) is 0 Å². The van der Waals surface area contributed by atoms with Crippen molar-refractivity contribution < 1.29 is 22.6 Å². The Balaban J connectivity index is 1.89. The first-order valence-corrected chi connectivity index (χ1v) is 8.35. The van der Waals surface area contributed by atoms with Gasteiger partial charge in [-0.05, 0) is 22.0 Å². The van der Waals surface area contributed by atoms with Crippen molar-refractivity contribution in [3.05, 3.63) is 63.8 Å². The molecule has 1 aliphatic rings. The molecule has 8 heteroatoms. The largest absolute Gasteiger partial charge is 0.434 e. The number of rotatable bonds is 3. The summed E-state index contributed by atoms with van der Waals surface area (Å²) in [5.74, 6) is -0.375. The van der Waals surface area contributed by atoms with Crippen LogP contribution in [0.15, 0.2) is 41.0 Å². The van der Waals surface area contributed by atoms with Crippen LogP contribution in [0.5, 0.6) is 5.75 Å². The summed E-state index contributed by atoms with van der Waals surface area (Å²) in [6, 6.07) is 7.81. The van der Waals surface area contributed by atoms with Crippen LogP contribution in [0.25, 0.3) is 5.65 Å². The lowest BCUT2D eigenvalue weighted by atomic mass is 10.0. The Morgan fingerprint density at radius 1 is 1.32 bits per heavy atom. The van der Waals surface area contributed by atoms with E-state index in [-0.39, 0.29) is 10.2 Å². The van der Waals surface area contributed by atoms with Gasteiger partial charge in [0.1, 0.15) is 23.3 Å². The predicted molar refractivity (Wildman–Crippen MR) is 87.4 cm³/mol. The molecule has 3 aromatic rings. The molecule has 1 aliphatic heterocycles. The van der Waals surface area contributed by atoms with Gasteiger partial charge in [-0.1, -0.05) is 18.2 Å². The van der Waals surface area contributed by atoms with Crippen molar-refractivity contribution in [1.29, 1.82) is 0 Å². The molecule has 0 fully saturated rings. The number of fused-ring (bicyclic) bond motifs is 3. The number of alkyl halides is 2. The molecular formula is C17H12BrF3N2O2. The topological polar surface area (TPSA) is 35.8 Å². The fourth-order valence-electron chi connectivity index (χ4n) is 3.06. The van der Waals surface area contributed by atoms with E-state index in [2.05, 4.69) is 25.7 Å². The lowest BCUT2D eigenvalue weighted by molar-refractivity contribution is -0.0522. The first-order valence-electron chi connectivity index (χ1n) is 7.56. The van der Waals surface area contributed by atoms with Crippen molar-refractivity contribution in [1.82, 2.24) is 9.38 Å². The summed E-state index contributed by atoms with van der Waals surface area (Å²) in [5, 5.41) is 0. The third kappa shape index (κ3) is 2.89. The molecule has 1 atom stereocenters. The monoisotopic (exact) mass is 412 g/mol. The van der Waals surface area contributed by atoms with Crippen LogP contribution >= 0.6 is 15.9 Å². The maximum Gasteiger partial charge on any atom is 0.387 e. The number of para-hydroxylation sites is 1. The minimum atomic E-state index is -2.94. The van der Waals surface area contributed by atoms with Crippen molar-refractivity contribution in [2.45, 2.75) is 19.1 Å². The number of nitrogens with zero attached hydrogens (tertiary/aromatic N) is 2. The third-order valence-corrected chi connectivity index (χ3v) is 4.65. The summed E-state index contributed by atoms with van der Waals surface area (Å²) >= 11 is 3.16. The van der Waals surface area contributed by atoms with Crippen LogP contribution in [0.4, 0.5) is 13.2 Å². The fourth-order valence-corrected chi connectivity index (χ4v) is 3.38. The first-order chi connectivity index (χ1) is 12.0. The van der Waals surface area contributed by atoms with Crippen molar-refractivity contribution in [3.8, 4) is 5.75 Å². The number of hydrogen-bond acceptors (Lipinski definition) is 3. The Kier molecular flexibility index (Phi) is 4.16. The molecule has 0 amide bonds. The van der Waals surface area contributed by atoms with Crippen molar-refractivity contribution in [2.75, 3.05) is 6.61 Å². The van der Waals surface area contributed by atoms with Gasteiger partial charge < -0.3 is 9.47 Å². The lowest BCUT2D eigenvalue weighted by Crippen LogP contribution is -2.20. The molecule has 25 heavy (non-hydrogen) atoms. The molecule has 4 nitrogen and oxygen atoms in total. The Morgan fingerprint density at radius 3 is 2.92 bits per heavy atom. The summed E-state index contributed by atoms with van der Waals surface area (Å²) in [4.78, 5) is 4.45. The number of aromatic nitrogens is 2. The summed E-state index contributed by atoms with van der Waals surface area (Å²) in [6.07, 6.45) is 1.49. The molecule has 1 aromatic carbocycles. The number of ether oxygens (including phenoxy) is 2. The van der Waals surface area contributed by atoms with Gasteiger partial charge in [-0.25, -0.2) is 9.37 Å². The number of imidazole rings is 1. The number of pyridine rings is 1. The van der Waals surface area contributed by atoms with Crippen LogP contribution in [0.1, 0.15) is 23.1 Å². The van der Waals surface area contributed by atoms with E-state index in [1.54, 1.807) is 28.8 Å². The molecule has 0 saturated heterocycles. The smallest absolute Gasteiger partial charge is 0.387 e. The highest BCUT2D eigenvalue weighted by Gasteiger charge is 2.30. The van der Waals surface area contributed by atoms with Crippen LogP contribution < -0.4 is 4.74 Å². The van der Waals surface area contributed by atoms with Gasteiger partial charge in [0, 0.05) is 24.2 Å². The zero-order chi connectivity index (χ0) is 17.6. The second-order valence-electron chi connectivity index (χ2n) is 5.56. The zero-order valence-electron chi connectivity index (χ0n) is 12.8. The van der Waals surface area contributed by atoms with Gasteiger partial charge in [0.2, 0.25) is 0 Å². The van der Waals surface area contributed by atoms with E-state index in [0.29, 0.717) is 29.9 Å². The molecule has 3 heterocycles. The number of halogens is 4. The summed E-state index contributed by atoms with van der Waals surface area (Å²) in [6.45, 7) is -2.55. The standard InChI is InChI=1S/C17H12BrF3N2O2/c18-10-8-23-14(7-11(10)19)22-12-5-6-24-16(15(12)23)9-3-1-2-4-13(9)25-17(20)21/h1-4,7-8,16-17H,5-6H2. The van der Waals surface area contributed by atoms with Crippen LogP contribution in [0, 0.1) is 5.82 Å². The zero-order valence-corrected chi connectivity index (χ0v) is 14.3. The summed E-state index contributed by atoms with van der Waals surface area (Å²) in [7, 11) is 0. The molecule has 2 aromatic heterocycles. The normalized spacial score (nSPS) is 17.1. The van der Waals surface area contributed by atoms with Crippen LogP contribution in [0.3, 0.4) is 0 Å². The van der Waals surface area contributed by atoms with Crippen LogP contribution in [-0.2, 0) is 11.2 Å². The Bertz CT molecular complexity index is 945. The molecular weight excluding hydrogens is 401 g/mol. The number of hydrogen-bond donors (Lipinski definition) is 0. The SMILES string of the molecule is Fc1cc2nc3c(n2cc1Br)C(c1ccccc1OC(F)F)OCC3. The molecule has 0 radical (unpaired) electrons. The van der Waals surface area contributed by atoms with Crippen molar-refractivity contribution >= 4 is 21.6 Å². The highest BCUT2D eigenvalue weighted by atomic mass is 79.9. The highest BCUT2D eigenvalue weighted by Crippen LogP contribution is 2.38. The average Bonchev–Trinajstić information content (AvgIpc) is 2.93. The first kappa shape index (κ1) is 16.4. The van der Waals surface area contributed by atoms with E-state index >= 15 is 0 Å². The molecule has 130 valence electrons. The Morgan fingerprint density at radius 2 is 2.12 bits per heavy atom. The second kappa shape index (κ2) is 6.34. The molecule has 0 saturated carbocycles. The van der Waals surface area contributed by atoms with E-state index in [0.717, 1.165) is 5.69 Å². The second-order valence-corrected chi connectivity index (χ2v) is 6.41. The summed E-state index contributed by atoms with van der Waals surface area (Å²) in [5.41, 5.74) is 2.35. The number of benzene rings is 1. The molecule has 0 aliphatic carbocycles. The van der Waals surface area contributed by atoms with Gasteiger partial charge in [0.05, 0.1) is 22.5 Å². The lowest BCUT2D eigenvalue weighted by Gasteiger charge is -2.25. The molecule has 0 N–H and O–H groups in total. The van der Waals surface area contributed by atoms with Crippen LogP contribution in [-0.4, -0.2) is 22.6 Å². The Labute approximate surface area is 149 Å². The average molecular weight is 413 g/mol. The predicted octanol–water partition coefficient (Wildman–Crippen LogP) is 4.50. The summed E-state index contributed by atoms with van der Waals surface area (Å²) < 4.78 is 51.7. The molecule has 0 spiro atoms. The van der Waals surface area contributed by atoms with E-state index < -0.39 is 18.5 Å². The van der Waals surface area contributed by atoms with Gasteiger partial charge in [-0.15, -0.1) is 0 Å². The minimum absolute atomic E-state index is 0.0477. The molecule has 1 unspecified atom stereocenters. The van der Waals surface area contributed by atoms with Gasteiger partial charge in [0.25, 0.3) is 0 Å². The van der Waals surface area contributed by atoms with Gasteiger partial charge in [0.15, 0.2) is 0 Å². The van der Waals surface area contributed by atoms with Gasteiger partial charge in [-0.3, -0.25) is 4.40 Å². The van der Waals surface area contributed by atoms with E-state index in [1.165, 1.54) is 12.1 Å². The maximum absolute atomic E-state index is 13.8. The van der Waals surface area contributed by atoms with Gasteiger partial charge in [-0.2, -0.15) is 8.78 Å². The minimum Gasteiger partial charge on any atom is -0.434 e. The quantitative estimate of drug-likeness (QED) is 0.635. The van der Waals surface area contributed by atoms with E-state index in [4.69, 9.17) is 4.74 Å². The van der Waals surface area contributed by atoms with Crippen molar-refractivity contribution in [2.24, 2.45) is 0 Å².